The molecule has 34 heavy (non-hydrogen) atoms. The number of nitrogens with zero attached hydrogens (tertiary/aromatic N) is 1. The van der Waals surface area contributed by atoms with Gasteiger partial charge in [-0.15, -0.1) is 0 Å². The summed E-state index contributed by atoms with van der Waals surface area (Å²) in [5, 5.41) is 13.2. The third-order valence-electron chi connectivity index (χ3n) is 6.62. The summed E-state index contributed by atoms with van der Waals surface area (Å²) in [5.74, 6) is -1.04. The maximum Gasteiger partial charge on any atom is 0.338 e. The topological polar surface area (TPSA) is 108 Å². The SMILES string of the molecule is CC1CCCc2ccc(NS(=O)(=O)c3ccccc3NCCCN3CCOCC3)c(C(=O)O)c21. The van der Waals surface area contributed by atoms with Gasteiger partial charge in [-0.25, -0.2) is 13.2 Å². The predicted molar refractivity (Wildman–Crippen MR) is 132 cm³/mol. The van der Waals surface area contributed by atoms with E-state index in [1.54, 1.807) is 24.3 Å². The molecule has 1 atom stereocenters. The van der Waals surface area contributed by atoms with E-state index in [1.807, 2.05) is 13.0 Å². The van der Waals surface area contributed by atoms with Gasteiger partial charge in [0.25, 0.3) is 10.0 Å². The number of carboxylic acids is 1. The molecule has 1 heterocycles. The Kier molecular flexibility index (Phi) is 7.75. The first-order valence-electron chi connectivity index (χ1n) is 11.9. The average Bonchev–Trinajstić information content (AvgIpc) is 2.82. The number of hydrogen-bond donors (Lipinski definition) is 3. The second-order valence-corrected chi connectivity index (χ2v) is 10.6. The molecule has 1 fully saturated rings. The first-order chi connectivity index (χ1) is 16.4. The molecule has 0 spiro atoms. The Bertz CT molecular complexity index is 1130. The van der Waals surface area contributed by atoms with Crippen LogP contribution < -0.4 is 10.0 Å². The van der Waals surface area contributed by atoms with Gasteiger partial charge in [-0.1, -0.05) is 25.1 Å². The van der Waals surface area contributed by atoms with Crippen molar-refractivity contribution < 1.29 is 23.1 Å². The minimum Gasteiger partial charge on any atom is -0.478 e. The number of nitrogens with one attached hydrogen (secondary N) is 2. The van der Waals surface area contributed by atoms with E-state index in [4.69, 9.17) is 4.74 Å². The molecular formula is C25H33N3O5S. The molecule has 1 saturated heterocycles. The molecule has 1 aliphatic carbocycles. The van der Waals surface area contributed by atoms with Crippen LogP contribution in [0.15, 0.2) is 41.3 Å². The Labute approximate surface area is 201 Å². The second kappa shape index (κ2) is 10.8. The Morgan fingerprint density at radius 1 is 1.15 bits per heavy atom. The van der Waals surface area contributed by atoms with Crippen molar-refractivity contribution in [1.29, 1.82) is 0 Å². The molecule has 1 unspecified atom stereocenters. The molecule has 0 aromatic heterocycles. The molecule has 184 valence electrons. The largest absolute Gasteiger partial charge is 0.478 e. The van der Waals surface area contributed by atoms with Gasteiger partial charge in [-0.2, -0.15) is 0 Å². The highest BCUT2D eigenvalue weighted by atomic mass is 32.2. The molecule has 0 bridgehead atoms. The monoisotopic (exact) mass is 487 g/mol. The van der Waals surface area contributed by atoms with Crippen LogP contribution in [0, 0.1) is 0 Å². The summed E-state index contributed by atoms with van der Waals surface area (Å²) in [6.07, 6.45) is 3.57. The molecular weight excluding hydrogens is 454 g/mol. The molecule has 4 rings (SSSR count). The maximum absolute atomic E-state index is 13.4. The number of benzene rings is 2. The fraction of sp³-hybridized carbons (Fsp3) is 0.480. The molecule has 0 radical (unpaired) electrons. The zero-order chi connectivity index (χ0) is 24.1. The highest BCUT2D eigenvalue weighted by Crippen LogP contribution is 2.38. The minimum absolute atomic E-state index is 0.0595. The fourth-order valence-corrected chi connectivity index (χ4v) is 6.16. The lowest BCUT2D eigenvalue weighted by atomic mass is 9.80. The average molecular weight is 488 g/mol. The van der Waals surface area contributed by atoms with Crippen molar-refractivity contribution in [3.8, 4) is 0 Å². The normalized spacial score (nSPS) is 18.8. The van der Waals surface area contributed by atoms with Crippen LogP contribution in [0.1, 0.15) is 53.6 Å². The van der Waals surface area contributed by atoms with Crippen LogP contribution in [0.2, 0.25) is 0 Å². The van der Waals surface area contributed by atoms with Gasteiger partial charge in [-0.05, 0) is 67.5 Å². The van der Waals surface area contributed by atoms with Gasteiger partial charge in [0.2, 0.25) is 0 Å². The van der Waals surface area contributed by atoms with E-state index in [9.17, 15) is 18.3 Å². The van der Waals surface area contributed by atoms with Crippen molar-refractivity contribution in [3.63, 3.8) is 0 Å². The summed E-state index contributed by atoms with van der Waals surface area (Å²) < 4.78 is 34.7. The van der Waals surface area contributed by atoms with E-state index in [2.05, 4.69) is 14.9 Å². The number of para-hydroxylation sites is 1. The number of fused-ring (bicyclic) bond motifs is 1. The molecule has 8 nitrogen and oxygen atoms in total. The molecule has 1 aliphatic heterocycles. The quantitative estimate of drug-likeness (QED) is 0.462. The number of ether oxygens (including phenoxy) is 1. The van der Waals surface area contributed by atoms with Gasteiger partial charge >= 0.3 is 5.97 Å². The number of rotatable bonds is 9. The van der Waals surface area contributed by atoms with E-state index in [0.29, 0.717) is 12.2 Å². The van der Waals surface area contributed by atoms with Crippen LogP contribution in [0.5, 0.6) is 0 Å². The highest BCUT2D eigenvalue weighted by Gasteiger charge is 2.28. The number of aromatic carboxylic acids is 1. The Hall–Kier alpha value is -2.62. The van der Waals surface area contributed by atoms with Crippen molar-refractivity contribution in [1.82, 2.24) is 4.90 Å². The van der Waals surface area contributed by atoms with Crippen LogP contribution in [0.4, 0.5) is 11.4 Å². The number of hydrogen-bond acceptors (Lipinski definition) is 6. The lowest BCUT2D eigenvalue weighted by molar-refractivity contribution is 0.0378. The van der Waals surface area contributed by atoms with Crippen molar-refractivity contribution >= 4 is 27.4 Å². The summed E-state index contributed by atoms with van der Waals surface area (Å²) in [4.78, 5) is 14.6. The maximum atomic E-state index is 13.4. The Balaban J connectivity index is 1.52. The van der Waals surface area contributed by atoms with Crippen molar-refractivity contribution in [2.75, 3.05) is 49.4 Å². The predicted octanol–water partition coefficient (Wildman–Crippen LogP) is 3.76. The highest BCUT2D eigenvalue weighted by molar-refractivity contribution is 7.92. The van der Waals surface area contributed by atoms with Gasteiger partial charge in [0, 0.05) is 19.6 Å². The Morgan fingerprint density at radius 3 is 2.68 bits per heavy atom. The van der Waals surface area contributed by atoms with Crippen LogP contribution >= 0.6 is 0 Å². The van der Waals surface area contributed by atoms with Gasteiger partial charge < -0.3 is 15.2 Å². The lowest BCUT2D eigenvalue weighted by Gasteiger charge is -2.26. The summed E-state index contributed by atoms with van der Waals surface area (Å²) in [6.45, 7) is 6.87. The van der Waals surface area contributed by atoms with Crippen molar-refractivity contribution in [2.45, 2.75) is 43.4 Å². The number of carbonyl (C=O) groups is 1. The van der Waals surface area contributed by atoms with Crippen LogP contribution in [0.3, 0.4) is 0 Å². The summed E-state index contributed by atoms with van der Waals surface area (Å²) in [5.41, 5.74) is 2.40. The summed E-state index contributed by atoms with van der Waals surface area (Å²) >= 11 is 0. The molecule has 3 N–H and O–H groups in total. The first-order valence-corrected chi connectivity index (χ1v) is 13.4. The molecule has 9 heteroatoms. The molecule has 2 aromatic carbocycles. The zero-order valence-electron chi connectivity index (χ0n) is 19.5. The third kappa shape index (κ3) is 5.54. The number of morpholine rings is 1. The first kappa shape index (κ1) is 24.5. The van der Waals surface area contributed by atoms with E-state index in [-0.39, 0.29) is 22.1 Å². The number of aryl methyl sites for hydroxylation is 1. The fourth-order valence-electron chi connectivity index (χ4n) is 4.90. The van der Waals surface area contributed by atoms with E-state index < -0.39 is 16.0 Å². The number of carboxylic acid groups (broad SMARTS) is 1. The van der Waals surface area contributed by atoms with Gasteiger partial charge in [0.15, 0.2) is 0 Å². The minimum atomic E-state index is -4.00. The molecule has 0 saturated carbocycles. The summed E-state index contributed by atoms with van der Waals surface area (Å²) in [6, 6.07) is 10.2. The van der Waals surface area contributed by atoms with Gasteiger partial charge in [0.1, 0.15) is 4.90 Å². The smallest absolute Gasteiger partial charge is 0.338 e. The van der Waals surface area contributed by atoms with Crippen LogP contribution in [-0.2, 0) is 21.2 Å². The lowest BCUT2D eigenvalue weighted by Crippen LogP contribution is -2.37. The van der Waals surface area contributed by atoms with Crippen molar-refractivity contribution in [3.05, 3.63) is 53.1 Å². The number of anilines is 2. The van der Waals surface area contributed by atoms with Gasteiger partial charge in [-0.3, -0.25) is 9.62 Å². The third-order valence-corrected chi connectivity index (χ3v) is 8.04. The molecule has 2 aromatic rings. The zero-order valence-corrected chi connectivity index (χ0v) is 20.4. The summed E-state index contributed by atoms with van der Waals surface area (Å²) in [7, 11) is -4.00. The standard InChI is InChI=1S/C25H33N3O5S/c1-18-6-4-7-19-10-11-21(24(23(18)19)25(29)30)27-34(31,32)22-9-3-2-8-20(22)26-12-5-13-28-14-16-33-17-15-28/h2-3,8-11,18,26-27H,4-7,12-17H2,1H3,(H,29,30). The molecule has 2 aliphatic rings. The molecule has 0 amide bonds. The van der Waals surface area contributed by atoms with Gasteiger partial charge in [0.05, 0.1) is 30.2 Å². The second-order valence-electron chi connectivity index (χ2n) is 9.00. The van der Waals surface area contributed by atoms with Crippen LogP contribution in [-0.4, -0.2) is 63.8 Å². The van der Waals surface area contributed by atoms with E-state index >= 15 is 0 Å². The van der Waals surface area contributed by atoms with Crippen molar-refractivity contribution in [2.24, 2.45) is 0 Å². The van der Waals surface area contributed by atoms with E-state index in [0.717, 1.165) is 69.7 Å². The van der Waals surface area contributed by atoms with Crippen LogP contribution in [0.25, 0.3) is 0 Å². The Morgan fingerprint density at radius 2 is 1.91 bits per heavy atom. The number of sulfonamides is 1. The van der Waals surface area contributed by atoms with E-state index in [1.165, 1.54) is 6.07 Å².